The number of carbonyl (C=O) groups is 1. The number of rotatable bonds is 5. The molecule has 0 saturated carbocycles. The van der Waals surface area contributed by atoms with E-state index in [1.165, 1.54) is 12.4 Å². The van der Waals surface area contributed by atoms with Crippen molar-refractivity contribution >= 4 is 17.5 Å². The van der Waals surface area contributed by atoms with Crippen molar-refractivity contribution in [1.82, 2.24) is 10.3 Å². The van der Waals surface area contributed by atoms with E-state index in [4.69, 9.17) is 16.7 Å². The average Bonchev–Trinajstić information content (AvgIpc) is 2.24. The molecule has 16 heavy (non-hydrogen) atoms. The molecule has 1 atom stereocenters. The molecule has 0 aromatic carbocycles. The molecule has 1 rings (SSSR count). The lowest BCUT2D eigenvalue weighted by Crippen LogP contribution is -2.25. The van der Waals surface area contributed by atoms with Gasteiger partial charge in [0.05, 0.1) is 16.7 Å². The van der Waals surface area contributed by atoms with Crippen LogP contribution in [0.3, 0.4) is 0 Å². The van der Waals surface area contributed by atoms with Crippen molar-refractivity contribution < 1.29 is 9.90 Å². The molecule has 1 amide bonds. The zero-order valence-electron chi connectivity index (χ0n) is 9.11. The number of aromatic nitrogens is 1. The summed E-state index contributed by atoms with van der Waals surface area (Å²) in [4.78, 5) is 15.4. The molecule has 1 aromatic rings. The molecule has 0 aliphatic rings. The van der Waals surface area contributed by atoms with Gasteiger partial charge in [-0.25, -0.2) is 0 Å². The maximum Gasteiger partial charge on any atom is 0.252 e. The van der Waals surface area contributed by atoms with Crippen LogP contribution in [0.25, 0.3) is 0 Å². The molecule has 0 spiro atoms. The van der Waals surface area contributed by atoms with E-state index in [9.17, 15) is 4.79 Å². The Morgan fingerprint density at radius 1 is 1.69 bits per heavy atom. The van der Waals surface area contributed by atoms with Gasteiger partial charge in [-0.1, -0.05) is 11.6 Å². The van der Waals surface area contributed by atoms with E-state index >= 15 is 0 Å². The van der Waals surface area contributed by atoms with Crippen LogP contribution in [-0.2, 0) is 0 Å². The van der Waals surface area contributed by atoms with E-state index in [-0.39, 0.29) is 12.0 Å². The van der Waals surface area contributed by atoms with E-state index in [0.717, 1.165) is 6.42 Å². The third-order valence-corrected chi connectivity index (χ3v) is 2.40. The number of aliphatic hydroxyl groups excluding tert-OH is 1. The molecule has 0 fully saturated rings. The van der Waals surface area contributed by atoms with E-state index in [1.54, 1.807) is 13.0 Å². The number of hydrogen-bond acceptors (Lipinski definition) is 3. The highest BCUT2D eigenvalue weighted by Crippen LogP contribution is 2.12. The molecular weight excluding hydrogens is 228 g/mol. The lowest BCUT2D eigenvalue weighted by molar-refractivity contribution is 0.0949. The summed E-state index contributed by atoms with van der Waals surface area (Å²) in [6.45, 7) is 2.25. The summed E-state index contributed by atoms with van der Waals surface area (Å²) in [5.41, 5.74) is 0.425. The van der Waals surface area contributed by atoms with Crippen molar-refractivity contribution in [1.29, 1.82) is 0 Å². The lowest BCUT2D eigenvalue weighted by Gasteiger charge is -2.07. The van der Waals surface area contributed by atoms with Gasteiger partial charge in [0.2, 0.25) is 0 Å². The molecule has 0 radical (unpaired) electrons. The molecule has 4 nitrogen and oxygen atoms in total. The van der Waals surface area contributed by atoms with Gasteiger partial charge in [-0.15, -0.1) is 0 Å². The van der Waals surface area contributed by atoms with Crippen LogP contribution < -0.4 is 5.32 Å². The first kappa shape index (κ1) is 12.9. The Hall–Kier alpha value is -1.13. The minimum atomic E-state index is -0.332. The number of pyridine rings is 1. The number of hydrogen-bond donors (Lipinski definition) is 2. The smallest absolute Gasteiger partial charge is 0.252 e. The topological polar surface area (TPSA) is 62.2 Å². The van der Waals surface area contributed by atoms with Crippen LogP contribution >= 0.6 is 11.6 Å². The molecule has 2 N–H and O–H groups in total. The third kappa shape index (κ3) is 4.16. The van der Waals surface area contributed by atoms with Crippen LogP contribution in [0.1, 0.15) is 30.1 Å². The molecule has 0 saturated heterocycles. The van der Waals surface area contributed by atoms with E-state index in [2.05, 4.69) is 10.3 Å². The van der Waals surface area contributed by atoms with E-state index < -0.39 is 0 Å². The van der Waals surface area contributed by atoms with E-state index in [0.29, 0.717) is 23.6 Å². The van der Waals surface area contributed by atoms with E-state index in [1.807, 2.05) is 0 Å². The standard InChI is InChI=1S/C11H15ClN2O2/c1-8(15)3-2-5-14-11(16)9-4-6-13-7-10(9)12/h4,6-8,15H,2-3,5H2,1H3,(H,14,16). The second-order valence-electron chi connectivity index (χ2n) is 3.60. The summed E-state index contributed by atoms with van der Waals surface area (Å²) in [5, 5.41) is 12.1. The molecule has 88 valence electrons. The Balaban J connectivity index is 2.39. The maximum absolute atomic E-state index is 11.6. The van der Waals surface area contributed by atoms with Crippen LogP contribution in [0.2, 0.25) is 5.02 Å². The number of amides is 1. The maximum atomic E-state index is 11.6. The minimum absolute atomic E-state index is 0.210. The largest absolute Gasteiger partial charge is 0.393 e. The summed E-state index contributed by atoms with van der Waals surface area (Å²) in [7, 11) is 0. The summed E-state index contributed by atoms with van der Waals surface area (Å²) in [6.07, 6.45) is 4.04. The highest BCUT2D eigenvalue weighted by Gasteiger charge is 2.08. The van der Waals surface area contributed by atoms with Crippen molar-refractivity contribution in [3.8, 4) is 0 Å². The van der Waals surface area contributed by atoms with Crippen molar-refractivity contribution in [2.24, 2.45) is 0 Å². The Morgan fingerprint density at radius 3 is 3.06 bits per heavy atom. The van der Waals surface area contributed by atoms with Gasteiger partial charge in [0, 0.05) is 18.9 Å². The van der Waals surface area contributed by atoms with Crippen LogP contribution in [0.4, 0.5) is 0 Å². The van der Waals surface area contributed by atoms with Crippen LogP contribution in [0.15, 0.2) is 18.5 Å². The van der Waals surface area contributed by atoms with Gasteiger partial charge in [-0.2, -0.15) is 0 Å². The lowest BCUT2D eigenvalue weighted by atomic mass is 10.2. The molecular formula is C11H15ClN2O2. The first-order valence-corrected chi connectivity index (χ1v) is 5.55. The zero-order chi connectivity index (χ0) is 12.0. The third-order valence-electron chi connectivity index (χ3n) is 2.10. The number of carbonyl (C=O) groups excluding carboxylic acids is 1. The molecule has 1 heterocycles. The van der Waals surface area contributed by atoms with Gasteiger partial charge < -0.3 is 10.4 Å². The van der Waals surface area contributed by atoms with Gasteiger partial charge in [0.1, 0.15) is 0 Å². The Kier molecular flexibility index (Phi) is 5.22. The minimum Gasteiger partial charge on any atom is -0.393 e. The number of aliphatic hydroxyl groups is 1. The van der Waals surface area contributed by atoms with Gasteiger partial charge in [0.15, 0.2) is 0 Å². The second-order valence-corrected chi connectivity index (χ2v) is 4.01. The normalized spacial score (nSPS) is 12.2. The molecule has 1 unspecified atom stereocenters. The van der Waals surface area contributed by atoms with Gasteiger partial charge >= 0.3 is 0 Å². The SMILES string of the molecule is CC(O)CCCNC(=O)c1ccncc1Cl. The molecule has 0 bridgehead atoms. The van der Waals surface area contributed by atoms with Gasteiger partial charge in [0.25, 0.3) is 5.91 Å². The molecule has 1 aromatic heterocycles. The van der Waals surface area contributed by atoms with Crippen molar-refractivity contribution in [3.63, 3.8) is 0 Å². The second kappa shape index (κ2) is 6.45. The Labute approximate surface area is 99.6 Å². The predicted octanol–water partition coefficient (Wildman–Crippen LogP) is 1.63. The van der Waals surface area contributed by atoms with Crippen LogP contribution in [-0.4, -0.2) is 28.6 Å². The number of halogens is 1. The quantitative estimate of drug-likeness (QED) is 0.772. The van der Waals surface area contributed by atoms with Gasteiger partial charge in [-0.05, 0) is 25.8 Å². The van der Waals surface area contributed by atoms with Gasteiger partial charge in [-0.3, -0.25) is 9.78 Å². The van der Waals surface area contributed by atoms with Crippen LogP contribution in [0.5, 0.6) is 0 Å². The molecule has 5 heteroatoms. The number of nitrogens with zero attached hydrogens (tertiary/aromatic N) is 1. The average molecular weight is 243 g/mol. The molecule has 0 aliphatic heterocycles. The van der Waals surface area contributed by atoms with Crippen LogP contribution in [0, 0.1) is 0 Å². The highest BCUT2D eigenvalue weighted by molar-refractivity contribution is 6.33. The first-order chi connectivity index (χ1) is 7.61. The summed E-state index contributed by atoms with van der Waals surface area (Å²) in [5.74, 6) is -0.210. The summed E-state index contributed by atoms with van der Waals surface area (Å²) >= 11 is 5.82. The predicted molar refractivity (Wildman–Crippen MR) is 62.5 cm³/mol. The fraction of sp³-hybridized carbons (Fsp3) is 0.455. The Bertz CT molecular complexity index is 356. The highest BCUT2D eigenvalue weighted by atomic mass is 35.5. The van der Waals surface area contributed by atoms with Crippen molar-refractivity contribution in [3.05, 3.63) is 29.0 Å². The Morgan fingerprint density at radius 2 is 2.44 bits per heavy atom. The summed E-state index contributed by atoms with van der Waals surface area (Å²) in [6, 6.07) is 1.58. The van der Waals surface area contributed by atoms with Crippen molar-refractivity contribution in [2.45, 2.75) is 25.9 Å². The zero-order valence-corrected chi connectivity index (χ0v) is 9.87. The first-order valence-electron chi connectivity index (χ1n) is 5.17. The van der Waals surface area contributed by atoms with Crippen molar-refractivity contribution in [2.75, 3.05) is 6.54 Å². The summed E-state index contributed by atoms with van der Waals surface area (Å²) < 4.78 is 0. The molecule has 0 aliphatic carbocycles. The number of nitrogens with one attached hydrogen (secondary N) is 1. The fourth-order valence-electron chi connectivity index (χ4n) is 1.25. The monoisotopic (exact) mass is 242 g/mol. The fourth-order valence-corrected chi connectivity index (χ4v) is 1.46.